The Balaban J connectivity index is 1.54. The van der Waals surface area contributed by atoms with Gasteiger partial charge in [0, 0.05) is 11.4 Å². The first-order valence-corrected chi connectivity index (χ1v) is 11.0. The highest BCUT2D eigenvalue weighted by Crippen LogP contribution is 2.25. The van der Waals surface area contributed by atoms with Crippen molar-refractivity contribution in [3.63, 3.8) is 0 Å². The molecule has 0 aliphatic rings. The standard InChI is InChI=1S/C26H27ClN2O4/c1-16-8-7-9-17(2)24(16)33-19(4)26(31)29-21-14-12-20(13-15-21)28-25(30)18(3)32-23-11-6-5-10-22(23)27/h5-15,18-19H,1-4H3,(H,28,30)(H,29,31). The molecule has 0 saturated carbocycles. The lowest BCUT2D eigenvalue weighted by Crippen LogP contribution is -2.31. The maximum Gasteiger partial charge on any atom is 0.265 e. The summed E-state index contributed by atoms with van der Waals surface area (Å²) in [7, 11) is 0. The van der Waals surface area contributed by atoms with Crippen molar-refractivity contribution < 1.29 is 19.1 Å². The number of amides is 2. The van der Waals surface area contributed by atoms with E-state index in [2.05, 4.69) is 10.6 Å². The summed E-state index contributed by atoms with van der Waals surface area (Å²) in [5.41, 5.74) is 3.12. The first-order chi connectivity index (χ1) is 15.7. The Kier molecular flexibility index (Phi) is 7.96. The first kappa shape index (κ1) is 24.1. The highest BCUT2D eigenvalue weighted by molar-refractivity contribution is 6.32. The number of nitrogens with one attached hydrogen (secondary N) is 2. The molecule has 0 aliphatic heterocycles. The molecule has 3 aromatic rings. The minimum Gasteiger partial charge on any atom is -0.480 e. The molecule has 0 spiro atoms. The van der Waals surface area contributed by atoms with Crippen LogP contribution in [0.3, 0.4) is 0 Å². The molecule has 3 rings (SSSR count). The van der Waals surface area contributed by atoms with E-state index in [1.807, 2.05) is 32.0 Å². The largest absolute Gasteiger partial charge is 0.480 e. The summed E-state index contributed by atoms with van der Waals surface area (Å²) in [5.74, 6) is 0.571. The second-order valence-corrected chi connectivity index (χ2v) is 8.13. The zero-order valence-corrected chi connectivity index (χ0v) is 19.8. The van der Waals surface area contributed by atoms with Crippen molar-refractivity contribution in [2.24, 2.45) is 0 Å². The van der Waals surface area contributed by atoms with Crippen molar-refractivity contribution in [3.8, 4) is 11.5 Å². The minimum atomic E-state index is -0.743. The molecular weight excluding hydrogens is 440 g/mol. The SMILES string of the molecule is Cc1cccc(C)c1OC(C)C(=O)Nc1ccc(NC(=O)C(C)Oc2ccccc2Cl)cc1. The molecule has 2 atom stereocenters. The fraction of sp³-hybridized carbons (Fsp3) is 0.231. The highest BCUT2D eigenvalue weighted by atomic mass is 35.5. The van der Waals surface area contributed by atoms with Gasteiger partial charge in [0.1, 0.15) is 11.5 Å². The van der Waals surface area contributed by atoms with Crippen LogP contribution in [0.15, 0.2) is 66.7 Å². The van der Waals surface area contributed by atoms with E-state index >= 15 is 0 Å². The summed E-state index contributed by atoms with van der Waals surface area (Å²) >= 11 is 6.07. The number of carbonyl (C=O) groups is 2. The van der Waals surface area contributed by atoms with E-state index in [4.69, 9.17) is 21.1 Å². The molecule has 6 nitrogen and oxygen atoms in total. The third-order valence-corrected chi connectivity index (χ3v) is 5.31. The molecule has 0 bridgehead atoms. The van der Waals surface area contributed by atoms with E-state index in [9.17, 15) is 9.59 Å². The van der Waals surface area contributed by atoms with E-state index in [-0.39, 0.29) is 11.8 Å². The van der Waals surface area contributed by atoms with Crippen LogP contribution < -0.4 is 20.1 Å². The van der Waals surface area contributed by atoms with Gasteiger partial charge in [-0.15, -0.1) is 0 Å². The van der Waals surface area contributed by atoms with Gasteiger partial charge in [0.05, 0.1) is 5.02 Å². The van der Waals surface area contributed by atoms with Gasteiger partial charge in [-0.1, -0.05) is 41.9 Å². The Morgan fingerprint density at radius 1 is 0.727 bits per heavy atom. The van der Waals surface area contributed by atoms with E-state index in [1.165, 1.54) is 0 Å². The van der Waals surface area contributed by atoms with Crippen molar-refractivity contribution >= 4 is 34.8 Å². The average molecular weight is 467 g/mol. The fourth-order valence-electron chi connectivity index (χ4n) is 3.12. The smallest absolute Gasteiger partial charge is 0.265 e. The summed E-state index contributed by atoms with van der Waals surface area (Å²) in [6.45, 7) is 7.24. The van der Waals surface area contributed by atoms with Crippen LogP contribution in [0, 0.1) is 13.8 Å². The molecule has 0 aromatic heterocycles. The fourth-order valence-corrected chi connectivity index (χ4v) is 3.30. The lowest BCUT2D eigenvalue weighted by atomic mass is 10.1. The predicted octanol–water partition coefficient (Wildman–Crippen LogP) is 5.77. The van der Waals surface area contributed by atoms with Crippen molar-refractivity contribution in [2.45, 2.75) is 39.9 Å². The zero-order valence-electron chi connectivity index (χ0n) is 19.0. The average Bonchev–Trinajstić information content (AvgIpc) is 2.79. The molecule has 33 heavy (non-hydrogen) atoms. The topological polar surface area (TPSA) is 76.7 Å². The van der Waals surface area contributed by atoms with Gasteiger partial charge in [-0.3, -0.25) is 9.59 Å². The van der Waals surface area contributed by atoms with Crippen LogP contribution in [0.2, 0.25) is 5.02 Å². The second-order valence-electron chi connectivity index (χ2n) is 7.73. The third-order valence-electron chi connectivity index (χ3n) is 5.00. The van der Waals surface area contributed by atoms with Crippen LogP contribution in [0.25, 0.3) is 0 Å². The Bertz CT molecular complexity index is 1110. The van der Waals surface area contributed by atoms with Crippen LogP contribution >= 0.6 is 11.6 Å². The predicted molar refractivity (Wildman–Crippen MR) is 131 cm³/mol. The Hall–Kier alpha value is -3.51. The van der Waals surface area contributed by atoms with E-state index in [1.54, 1.807) is 62.4 Å². The Morgan fingerprint density at radius 3 is 1.73 bits per heavy atom. The molecule has 172 valence electrons. The molecule has 2 N–H and O–H groups in total. The lowest BCUT2D eigenvalue weighted by Gasteiger charge is -2.18. The normalized spacial score (nSPS) is 12.4. The zero-order chi connectivity index (χ0) is 24.0. The minimum absolute atomic E-state index is 0.267. The van der Waals surface area contributed by atoms with Gasteiger partial charge in [0.25, 0.3) is 11.8 Å². The molecule has 2 amide bonds. The third kappa shape index (κ3) is 6.49. The monoisotopic (exact) mass is 466 g/mol. The second kappa shape index (κ2) is 10.9. The molecule has 0 saturated heterocycles. The first-order valence-electron chi connectivity index (χ1n) is 10.6. The Labute approximate surface area is 198 Å². The molecular formula is C26H27ClN2O4. The maximum absolute atomic E-state index is 12.6. The molecule has 2 unspecified atom stereocenters. The van der Waals surface area contributed by atoms with Gasteiger partial charge in [-0.2, -0.15) is 0 Å². The number of hydrogen-bond acceptors (Lipinski definition) is 4. The molecule has 7 heteroatoms. The van der Waals surface area contributed by atoms with Crippen molar-refractivity contribution in [2.75, 3.05) is 10.6 Å². The van der Waals surface area contributed by atoms with E-state index in [0.717, 1.165) is 11.1 Å². The van der Waals surface area contributed by atoms with Crippen molar-refractivity contribution in [1.82, 2.24) is 0 Å². The van der Waals surface area contributed by atoms with Crippen LogP contribution in [0.4, 0.5) is 11.4 Å². The lowest BCUT2D eigenvalue weighted by molar-refractivity contribution is -0.122. The molecule has 3 aromatic carbocycles. The quantitative estimate of drug-likeness (QED) is 0.442. The molecule has 0 radical (unpaired) electrons. The Morgan fingerprint density at radius 2 is 1.21 bits per heavy atom. The number of carbonyl (C=O) groups excluding carboxylic acids is 2. The maximum atomic E-state index is 12.6. The highest BCUT2D eigenvalue weighted by Gasteiger charge is 2.18. The number of para-hydroxylation sites is 2. The molecule has 0 fully saturated rings. The van der Waals surface area contributed by atoms with E-state index in [0.29, 0.717) is 27.9 Å². The van der Waals surface area contributed by atoms with E-state index < -0.39 is 12.2 Å². The summed E-state index contributed by atoms with van der Waals surface area (Å²) in [4.78, 5) is 25.0. The van der Waals surface area contributed by atoms with Crippen LogP contribution in [-0.2, 0) is 9.59 Å². The summed E-state index contributed by atoms with van der Waals surface area (Å²) in [6, 6.07) is 19.6. The number of hydrogen-bond donors (Lipinski definition) is 2. The summed E-state index contributed by atoms with van der Waals surface area (Å²) in [5, 5.41) is 6.05. The number of aryl methyl sites for hydroxylation is 2. The van der Waals surface area contributed by atoms with Crippen LogP contribution in [-0.4, -0.2) is 24.0 Å². The number of benzene rings is 3. The van der Waals surface area contributed by atoms with Gasteiger partial charge in [-0.25, -0.2) is 0 Å². The van der Waals surface area contributed by atoms with Gasteiger partial charge < -0.3 is 20.1 Å². The summed E-state index contributed by atoms with van der Waals surface area (Å²) < 4.78 is 11.5. The van der Waals surface area contributed by atoms with Gasteiger partial charge in [-0.05, 0) is 75.2 Å². The molecule has 0 heterocycles. The van der Waals surface area contributed by atoms with Crippen molar-refractivity contribution in [3.05, 3.63) is 82.9 Å². The van der Waals surface area contributed by atoms with Gasteiger partial charge >= 0.3 is 0 Å². The van der Waals surface area contributed by atoms with Crippen LogP contribution in [0.5, 0.6) is 11.5 Å². The number of halogens is 1. The van der Waals surface area contributed by atoms with Gasteiger partial charge in [0.2, 0.25) is 0 Å². The number of rotatable bonds is 8. The number of ether oxygens (including phenoxy) is 2. The number of anilines is 2. The summed E-state index contributed by atoms with van der Waals surface area (Å²) in [6.07, 6.45) is -1.42. The van der Waals surface area contributed by atoms with Gasteiger partial charge in [0.15, 0.2) is 12.2 Å². The van der Waals surface area contributed by atoms with Crippen LogP contribution in [0.1, 0.15) is 25.0 Å². The molecule has 0 aliphatic carbocycles. The van der Waals surface area contributed by atoms with Crippen molar-refractivity contribution in [1.29, 1.82) is 0 Å².